The van der Waals surface area contributed by atoms with Crippen molar-refractivity contribution in [3.63, 3.8) is 0 Å². The van der Waals surface area contributed by atoms with Crippen LogP contribution in [-0.4, -0.2) is 27.2 Å². The Bertz CT molecular complexity index is 776. The number of pyridine rings is 1. The van der Waals surface area contributed by atoms with Crippen LogP contribution in [0.2, 0.25) is 0 Å². The summed E-state index contributed by atoms with van der Waals surface area (Å²) >= 11 is 0. The number of nitrogens with one attached hydrogen (secondary N) is 1. The number of carbonyl (C=O) groups excluding carboxylic acids is 1. The van der Waals surface area contributed by atoms with Gasteiger partial charge in [-0.3, -0.25) is 4.79 Å². The lowest BCUT2D eigenvalue weighted by atomic mass is 10.2. The molecule has 0 unspecified atom stereocenters. The number of amides is 1. The molecule has 0 bridgehead atoms. The smallest absolute Gasteiger partial charge is 0.348 e. The standard InChI is InChI=1S/C14H10F6N4O/c1-2-5-21-12(25)9-7-23-24(11(9)14(18,19)20)10-4-3-8(6-22-10)13(15,16)17/h2-4,6-7H,1,5H2,(H,21,25). The molecule has 0 aliphatic carbocycles. The summed E-state index contributed by atoms with van der Waals surface area (Å²) in [5, 5.41) is 5.62. The van der Waals surface area contributed by atoms with Gasteiger partial charge in [-0.15, -0.1) is 6.58 Å². The Morgan fingerprint density at radius 2 is 1.84 bits per heavy atom. The number of alkyl halides is 6. The van der Waals surface area contributed by atoms with E-state index in [2.05, 4.69) is 22.0 Å². The van der Waals surface area contributed by atoms with Crippen molar-refractivity contribution in [3.05, 3.63) is 54.0 Å². The number of carbonyl (C=O) groups is 1. The van der Waals surface area contributed by atoms with Gasteiger partial charge in [-0.05, 0) is 12.1 Å². The molecule has 134 valence electrons. The maximum Gasteiger partial charge on any atom is 0.434 e. The maximum atomic E-state index is 13.3. The second-order valence-corrected chi connectivity index (χ2v) is 4.72. The van der Waals surface area contributed by atoms with Crippen LogP contribution in [0.4, 0.5) is 26.3 Å². The molecule has 0 aromatic carbocycles. The van der Waals surface area contributed by atoms with Crippen LogP contribution < -0.4 is 5.32 Å². The Kier molecular flexibility index (Phi) is 4.86. The highest BCUT2D eigenvalue weighted by Crippen LogP contribution is 2.34. The highest BCUT2D eigenvalue weighted by atomic mass is 19.4. The van der Waals surface area contributed by atoms with Gasteiger partial charge in [-0.1, -0.05) is 6.08 Å². The Hall–Kier alpha value is -2.85. The number of hydrogen-bond acceptors (Lipinski definition) is 3. The zero-order valence-corrected chi connectivity index (χ0v) is 12.3. The molecule has 11 heteroatoms. The van der Waals surface area contributed by atoms with Crippen molar-refractivity contribution in [2.24, 2.45) is 0 Å². The van der Waals surface area contributed by atoms with Crippen LogP contribution in [0.3, 0.4) is 0 Å². The summed E-state index contributed by atoms with van der Waals surface area (Å²) in [5.74, 6) is -1.56. The number of halogens is 6. The first kappa shape index (κ1) is 18.5. The molecule has 2 aromatic rings. The van der Waals surface area contributed by atoms with E-state index in [-0.39, 0.29) is 11.2 Å². The first-order chi connectivity index (χ1) is 11.6. The molecule has 0 saturated carbocycles. The van der Waals surface area contributed by atoms with Gasteiger partial charge in [0.25, 0.3) is 5.91 Å². The van der Waals surface area contributed by atoms with Gasteiger partial charge in [0.1, 0.15) is 0 Å². The van der Waals surface area contributed by atoms with Crippen molar-refractivity contribution in [1.82, 2.24) is 20.1 Å². The van der Waals surface area contributed by atoms with Crippen molar-refractivity contribution in [2.75, 3.05) is 6.54 Å². The molecular formula is C14H10F6N4O. The molecule has 25 heavy (non-hydrogen) atoms. The van der Waals surface area contributed by atoms with E-state index in [1.165, 1.54) is 6.08 Å². The average Bonchev–Trinajstić information content (AvgIpc) is 2.97. The summed E-state index contributed by atoms with van der Waals surface area (Å²) in [4.78, 5) is 15.2. The molecule has 1 amide bonds. The van der Waals surface area contributed by atoms with Gasteiger partial charge in [-0.2, -0.15) is 31.4 Å². The van der Waals surface area contributed by atoms with Gasteiger partial charge in [0.15, 0.2) is 11.5 Å². The first-order valence-electron chi connectivity index (χ1n) is 6.63. The van der Waals surface area contributed by atoms with E-state index in [4.69, 9.17) is 0 Å². The fourth-order valence-corrected chi connectivity index (χ4v) is 1.90. The topological polar surface area (TPSA) is 59.8 Å². The molecule has 0 spiro atoms. The third-order valence-electron chi connectivity index (χ3n) is 2.98. The minimum atomic E-state index is -4.98. The lowest BCUT2D eigenvalue weighted by Crippen LogP contribution is -2.26. The number of hydrogen-bond donors (Lipinski definition) is 1. The van der Waals surface area contributed by atoms with Gasteiger partial charge < -0.3 is 5.32 Å². The summed E-state index contributed by atoms with van der Waals surface area (Å²) < 4.78 is 77.7. The zero-order valence-electron chi connectivity index (χ0n) is 12.3. The van der Waals surface area contributed by atoms with Crippen LogP contribution in [0.1, 0.15) is 21.6 Å². The molecule has 2 rings (SSSR count). The zero-order chi connectivity index (χ0) is 18.8. The average molecular weight is 364 g/mol. The number of rotatable bonds is 4. The minimum Gasteiger partial charge on any atom is -0.348 e. The van der Waals surface area contributed by atoms with Gasteiger partial charge in [0.05, 0.1) is 17.3 Å². The number of aromatic nitrogens is 3. The maximum absolute atomic E-state index is 13.3. The third-order valence-corrected chi connectivity index (χ3v) is 2.98. The molecule has 0 radical (unpaired) electrons. The lowest BCUT2D eigenvalue weighted by Gasteiger charge is -2.12. The predicted octanol–water partition coefficient (Wildman–Crippen LogP) is 3.22. The van der Waals surface area contributed by atoms with Crippen molar-refractivity contribution in [3.8, 4) is 5.82 Å². The van der Waals surface area contributed by atoms with Crippen molar-refractivity contribution < 1.29 is 31.1 Å². The minimum absolute atomic E-state index is 0.0696. The van der Waals surface area contributed by atoms with Crippen LogP contribution in [0, 0.1) is 0 Å². The van der Waals surface area contributed by atoms with Gasteiger partial charge in [-0.25, -0.2) is 9.67 Å². The van der Waals surface area contributed by atoms with E-state index >= 15 is 0 Å². The highest BCUT2D eigenvalue weighted by Gasteiger charge is 2.41. The molecular weight excluding hydrogens is 354 g/mol. The van der Waals surface area contributed by atoms with Crippen LogP contribution in [0.5, 0.6) is 0 Å². The summed E-state index contributed by atoms with van der Waals surface area (Å²) in [6, 6.07) is 1.30. The number of nitrogens with zero attached hydrogens (tertiary/aromatic N) is 3. The molecule has 0 atom stereocenters. The second kappa shape index (κ2) is 6.57. The summed E-state index contributed by atoms with van der Waals surface area (Å²) in [6.07, 6.45) is -7.35. The molecule has 2 heterocycles. The van der Waals surface area contributed by atoms with Gasteiger partial charge in [0, 0.05) is 12.7 Å². The Morgan fingerprint density at radius 3 is 2.32 bits per heavy atom. The van der Waals surface area contributed by atoms with Crippen LogP contribution in [0.25, 0.3) is 5.82 Å². The second-order valence-electron chi connectivity index (χ2n) is 4.72. The normalized spacial score (nSPS) is 12.1. The lowest BCUT2D eigenvalue weighted by molar-refractivity contribution is -0.143. The van der Waals surface area contributed by atoms with E-state index in [9.17, 15) is 31.1 Å². The van der Waals surface area contributed by atoms with Crippen molar-refractivity contribution in [2.45, 2.75) is 12.4 Å². The molecule has 0 saturated heterocycles. The summed E-state index contributed by atoms with van der Waals surface area (Å²) in [7, 11) is 0. The fraction of sp³-hybridized carbons (Fsp3) is 0.214. The molecule has 0 aliphatic heterocycles. The Morgan fingerprint density at radius 1 is 1.16 bits per heavy atom. The molecule has 1 N–H and O–H groups in total. The Labute approximate surface area is 137 Å². The van der Waals surface area contributed by atoms with E-state index in [1.54, 1.807) is 0 Å². The van der Waals surface area contributed by atoms with Crippen molar-refractivity contribution in [1.29, 1.82) is 0 Å². The molecule has 2 aromatic heterocycles. The summed E-state index contributed by atoms with van der Waals surface area (Å²) in [5.41, 5.74) is -3.35. The predicted molar refractivity (Wildman–Crippen MR) is 73.9 cm³/mol. The molecule has 0 fully saturated rings. The van der Waals surface area contributed by atoms with Crippen LogP contribution in [0.15, 0.2) is 37.2 Å². The van der Waals surface area contributed by atoms with Gasteiger partial charge in [0.2, 0.25) is 0 Å². The SMILES string of the molecule is C=CCNC(=O)c1cnn(-c2ccc(C(F)(F)F)cn2)c1C(F)(F)F. The molecule has 0 aliphatic rings. The third kappa shape index (κ3) is 3.98. The van der Waals surface area contributed by atoms with E-state index in [1.807, 2.05) is 0 Å². The van der Waals surface area contributed by atoms with Crippen LogP contribution in [-0.2, 0) is 12.4 Å². The Balaban J connectivity index is 2.50. The van der Waals surface area contributed by atoms with Gasteiger partial charge >= 0.3 is 12.4 Å². The van der Waals surface area contributed by atoms with E-state index < -0.39 is 40.9 Å². The molecule has 5 nitrogen and oxygen atoms in total. The summed E-state index contributed by atoms with van der Waals surface area (Å²) in [6.45, 7) is 3.25. The highest BCUT2D eigenvalue weighted by molar-refractivity contribution is 5.95. The van der Waals surface area contributed by atoms with Crippen molar-refractivity contribution >= 4 is 5.91 Å². The van der Waals surface area contributed by atoms with E-state index in [0.29, 0.717) is 18.5 Å². The monoisotopic (exact) mass is 364 g/mol. The largest absolute Gasteiger partial charge is 0.434 e. The first-order valence-corrected chi connectivity index (χ1v) is 6.63. The quantitative estimate of drug-likeness (QED) is 0.670. The fourth-order valence-electron chi connectivity index (χ4n) is 1.90. The van der Waals surface area contributed by atoms with E-state index in [0.717, 1.165) is 6.07 Å². The van der Waals surface area contributed by atoms with Crippen LogP contribution >= 0.6 is 0 Å².